The highest BCUT2D eigenvalue weighted by Crippen LogP contribution is 2.31. The fourth-order valence-electron chi connectivity index (χ4n) is 3.18. The molecule has 2 heteroatoms. The zero-order chi connectivity index (χ0) is 13.2. The van der Waals surface area contributed by atoms with Gasteiger partial charge in [0, 0.05) is 18.1 Å². The molecule has 2 nitrogen and oxygen atoms in total. The van der Waals surface area contributed by atoms with Crippen LogP contribution in [0.2, 0.25) is 0 Å². The molecule has 3 rings (SSSR count). The van der Waals surface area contributed by atoms with Crippen molar-refractivity contribution in [3.05, 3.63) is 30.5 Å². The first-order valence-corrected chi connectivity index (χ1v) is 7.48. The molecule has 0 radical (unpaired) electrons. The van der Waals surface area contributed by atoms with Gasteiger partial charge in [0.2, 0.25) is 0 Å². The molecule has 1 heterocycles. The quantitative estimate of drug-likeness (QED) is 0.779. The van der Waals surface area contributed by atoms with Crippen molar-refractivity contribution in [3.63, 3.8) is 0 Å². The van der Waals surface area contributed by atoms with Crippen LogP contribution >= 0.6 is 0 Å². The molecule has 0 amide bonds. The molecule has 0 spiro atoms. The molecule has 0 saturated heterocycles. The van der Waals surface area contributed by atoms with Crippen LogP contribution in [0.4, 0.5) is 0 Å². The molecular formula is C17H23NO. The van der Waals surface area contributed by atoms with Gasteiger partial charge in [0.25, 0.3) is 0 Å². The van der Waals surface area contributed by atoms with Crippen LogP contribution in [-0.4, -0.2) is 10.7 Å². The fourth-order valence-corrected chi connectivity index (χ4v) is 3.18. The van der Waals surface area contributed by atoms with E-state index in [9.17, 15) is 0 Å². The first-order chi connectivity index (χ1) is 9.24. The van der Waals surface area contributed by atoms with Gasteiger partial charge in [-0.1, -0.05) is 18.9 Å². The molecule has 2 aromatic rings. The predicted molar refractivity (Wildman–Crippen MR) is 79.7 cm³/mol. The Morgan fingerprint density at radius 1 is 1.21 bits per heavy atom. The Labute approximate surface area is 115 Å². The maximum Gasteiger partial charge on any atom is 0.129 e. The van der Waals surface area contributed by atoms with Crippen LogP contribution in [0.1, 0.15) is 39.5 Å². The summed E-state index contributed by atoms with van der Waals surface area (Å²) in [5.74, 6) is 1.88. The highest BCUT2D eigenvalue weighted by atomic mass is 16.5. The molecular weight excluding hydrogens is 234 g/mol. The highest BCUT2D eigenvalue weighted by molar-refractivity contribution is 5.86. The van der Waals surface area contributed by atoms with Crippen LogP contribution in [0.5, 0.6) is 5.75 Å². The number of hydrogen-bond acceptors (Lipinski definition) is 1. The second kappa shape index (κ2) is 5.28. The minimum Gasteiger partial charge on any atom is -0.490 e. The molecule has 0 N–H and O–H groups in total. The molecule has 0 atom stereocenters. The second-order valence-corrected chi connectivity index (χ2v) is 5.97. The van der Waals surface area contributed by atoms with E-state index in [-0.39, 0.29) is 6.10 Å². The Morgan fingerprint density at radius 3 is 2.74 bits per heavy atom. The average molecular weight is 257 g/mol. The van der Waals surface area contributed by atoms with Gasteiger partial charge in [0.1, 0.15) is 5.75 Å². The zero-order valence-electron chi connectivity index (χ0n) is 11.9. The maximum atomic E-state index is 5.90. The number of aromatic nitrogens is 1. The van der Waals surface area contributed by atoms with E-state index < -0.39 is 0 Å². The summed E-state index contributed by atoms with van der Waals surface area (Å²) in [6, 6.07) is 8.58. The van der Waals surface area contributed by atoms with Gasteiger partial charge in [-0.25, -0.2) is 0 Å². The summed E-state index contributed by atoms with van der Waals surface area (Å²) >= 11 is 0. The van der Waals surface area contributed by atoms with Gasteiger partial charge in [-0.15, -0.1) is 0 Å². The summed E-state index contributed by atoms with van der Waals surface area (Å²) in [4.78, 5) is 0. The van der Waals surface area contributed by atoms with Gasteiger partial charge in [-0.05, 0) is 50.8 Å². The Kier molecular flexibility index (Phi) is 3.50. The molecule has 1 aliphatic rings. The van der Waals surface area contributed by atoms with E-state index in [0.29, 0.717) is 0 Å². The van der Waals surface area contributed by atoms with Crippen molar-refractivity contribution in [2.45, 2.75) is 52.2 Å². The van der Waals surface area contributed by atoms with Gasteiger partial charge in [-0.3, -0.25) is 0 Å². The van der Waals surface area contributed by atoms with E-state index in [2.05, 4.69) is 48.9 Å². The Bertz CT molecular complexity index is 549. The molecule has 0 unspecified atom stereocenters. The lowest BCUT2D eigenvalue weighted by Crippen LogP contribution is -2.07. The zero-order valence-corrected chi connectivity index (χ0v) is 11.9. The van der Waals surface area contributed by atoms with E-state index in [1.807, 2.05) is 0 Å². The maximum absolute atomic E-state index is 5.90. The smallest absolute Gasteiger partial charge is 0.129 e. The third-order valence-corrected chi connectivity index (χ3v) is 4.07. The lowest BCUT2D eigenvalue weighted by molar-refractivity contribution is 0.245. The van der Waals surface area contributed by atoms with Crippen molar-refractivity contribution in [3.8, 4) is 5.75 Å². The molecule has 1 saturated carbocycles. The van der Waals surface area contributed by atoms with Gasteiger partial charge in [0.15, 0.2) is 0 Å². The van der Waals surface area contributed by atoms with Crippen LogP contribution in [0.25, 0.3) is 10.9 Å². The summed E-state index contributed by atoms with van der Waals surface area (Å²) in [5, 5.41) is 1.24. The van der Waals surface area contributed by atoms with Crippen LogP contribution in [0, 0.1) is 5.92 Å². The van der Waals surface area contributed by atoms with Crippen LogP contribution in [0.15, 0.2) is 30.5 Å². The van der Waals surface area contributed by atoms with E-state index in [0.717, 1.165) is 18.2 Å². The minimum atomic E-state index is 0.226. The van der Waals surface area contributed by atoms with E-state index in [4.69, 9.17) is 4.74 Å². The van der Waals surface area contributed by atoms with Crippen LogP contribution < -0.4 is 4.74 Å². The summed E-state index contributed by atoms with van der Waals surface area (Å²) in [6.45, 7) is 5.32. The number of nitrogens with zero attached hydrogens (tertiary/aromatic N) is 1. The summed E-state index contributed by atoms with van der Waals surface area (Å²) < 4.78 is 8.30. The number of benzene rings is 1. The van der Waals surface area contributed by atoms with E-state index in [1.54, 1.807) is 0 Å². The number of ether oxygens (including phenoxy) is 1. The average Bonchev–Trinajstić information content (AvgIpc) is 3.00. The van der Waals surface area contributed by atoms with Crippen LogP contribution in [-0.2, 0) is 6.54 Å². The molecule has 0 bridgehead atoms. The van der Waals surface area contributed by atoms with Crippen molar-refractivity contribution in [2.24, 2.45) is 5.92 Å². The van der Waals surface area contributed by atoms with Gasteiger partial charge >= 0.3 is 0 Å². The summed E-state index contributed by atoms with van der Waals surface area (Å²) in [7, 11) is 0. The fraction of sp³-hybridized carbons (Fsp3) is 0.529. The predicted octanol–water partition coefficient (Wildman–Crippen LogP) is 4.62. The topological polar surface area (TPSA) is 14.2 Å². The van der Waals surface area contributed by atoms with Gasteiger partial charge < -0.3 is 9.30 Å². The third-order valence-electron chi connectivity index (χ3n) is 4.07. The van der Waals surface area contributed by atoms with Crippen molar-refractivity contribution < 1.29 is 4.74 Å². The minimum absolute atomic E-state index is 0.226. The third kappa shape index (κ3) is 2.63. The van der Waals surface area contributed by atoms with Gasteiger partial charge in [0.05, 0.1) is 11.6 Å². The molecule has 1 aliphatic carbocycles. The number of fused-ring (bicyclic) bond motifs is 1. The van der Waals surface area contributed by atoms with Crippen molar-refractivity contribution >= 4 is 10.9 Å². The summed E-state index contributed by atoms with van der Waals surface area (Å²) in [5.41, 5.74) is 1.31. The largest absolute Gasteiger partial charge is 0.490 e. The summed E-state index contributed by atoms with van der Waals surface area (Å²) in [6.07, 6.45) is 8.04. The Morgan fingerprint density at radius 2 is 2.00 bits per heavy atom. The molecule has 102 valence electrons. The molecule has 1 aromatic heterocycles. The lowest BCUT2D eigenvalue weighted by Gasteiger charge is -2.13. The van der Waals surface area contributed by atoms with E-state index in [1.165, 1.54) is 36.6 Å². The Hall–Kier alpha value is -1.44. The number of hydrogen-bond donors (Lipinski definition) is 0. The van der Waals surface area contributed by atoms with E-state index >= 15 is 0 Å². The Balaban J connectivity index is 1.89. The normalized spacial score (nSPS) is 16.6. The highest BCUT2D eigenvalue weighted by Gasteiger charge is 2.16. The van der Waals surface area contributed by atoms with Crippen LogP contribution in [0.3, 0.4) is 0 Å². The number of rotatable bonds is 4. The standard InChI is InChI=1S/C17H23NO/c1-13(2)19-17-9-5-8-16-15(17)10-11-18(16)12-14-6-3-4-7-14/h5,8-11,13-14H,3-4,6-7,12H2,1-2H3. The SMILES string of the molecule is CC(C)Oc1cccc2c1ccn2CC1CCCC1. The monoisotopic (exact) mass is 257 g/mol. The van der Waals surface area contributed by atoms with Crippen molar-refractivity contribution in [2.75, 3.05) is 0 Å². The van der Waals surface area contributed by atoms with Crippen molar-refractivity contribution in [1.29, 1.82) is 0 Å². The molecule has 0 aliphatic heterocycles. The first kappa shape index (κ1) is 12.6. The molecule has 19 heavy (non-hydrogen) atoms. The molecule has 1 aromatic carbocycles. The van der Waals surface area contributed by atoms with Gasteiger partial charge in [-0.2, -0.15) is 0 Å². The lowest BCUT2D eigenvalue weighted by atomic mass is 10.1. The molecule has 1 fully saturated rings. The second-order valence-electron chi connectivity index (χ2n) is 5.97. The first-order valence-electron chi connectivity index (χ1n) is 7.48. The van der Waals surface area contributed by atoms with Crippen molar-refractivity contribution in [1.82, 2.24) is 4.57 Å².